The molecule has 0 aliphatic rings. The van der Waals surface area contributed by atoms with Crippen LogP contribution in [0.5, 0.6) is 0 Å². The molecule has 0 atom stereocenters. The number of benzene rings is 1. The van der Waals surface area contributed by atoms with E-state index in [1.165, 1.54) is 0 Å². The molecule has 0 saturated carbocycles. The average Bonchev–Trinajstić information content (AvgIpc) is 2.51. The lowest BCUT2D eigenvalue weighted by Crippen LogP contribution is -2.24. The lowest BCUT2D eigenvalue weighted by Gasteiger charge is -2.04. The molecule has 0 aliphatic heterocycles. The highest BCUT2D eigenvalue weighted by Crippen LogP contribution is 2.00. The summed E-state index contributed by atoms with van der Waals surface area (Å²) in [4.78, 5) is 19.6. The van der Waals surface area contributed by atoms with Gasteiger partial charge in [-0.25, -0.2) is 14.8 Å². The Morgan fingerprint density at radius 3 is 2.86 bits per heavy atom. The lowest BCUT2D eigenvalue weighted by molar-refractivity contribution is 0.141. The molecule has 106 valence electrons. The second kappa shape index (κ2) is 7.65. The molecule has 0 radical (unpaired) electrons. The van der Waals surface area contributed by atoms with E-state index in [1.807, 2.05) is 37.3 Å². The molecule has 21 heavy (non-hydrogen) atoms. The van der Waals surface area contributed by atoms with Gasteiger partial charge in [0.15, 0.2) is 0 Å². The number of hydrogen-bond acceptors (Lipinski definition) is 4. The van der Waals surface area contributed by atoms with E-state index in [4.69, 9.17) is 4.74 Å². The van der Waals surface area contributed by atoms with Crippen LogP contribution in [0.15, 0.2) is 42.6 Å². The van der Waals surface area contributed by atoms with Crippen LogP contribution in [0, 0.1) is 18.8 Å². The Hall–Kier alpha value is -2.87. The number of ether oxygens (including phenoxy) is 1. The van der Waals surface area contributed by atoms with Gasteiger partial charge in [0.25, 0.3) is 0 Å². The minimum atomic E-state index is -0.502. The Morgan fingerprint density at radius 1 is 1.29 bits per heavy atom. The normalized spacial score (nSPS) is 9.38. The third-order valence-electron chi connectivity index (χ3n) is 2.53. The van der Waals surface area contributed by atoms with Crippen molar-refractivity contribution in [3.8, 4) is 11.8 Å². The summed E-state index contributed by atoms with van der Waals surface area (Å²) in [6.45, 7) is 2.29. The number of hydrogen-bond donors (Lipinski definition) is 1. The maximum atomic E-state index is 11.4. The fraction of sp³-hybridized carbons (Fsp3) is 0.188. The molecule has 2 rings (SSSR count). The molecule has 1 N–H and O–H groups in total. The lowest BCUT2D eigenvalue weighted by atomic mass is 10.2. The van der Waals surface area contributed by atoms with Crippen molar-refractivity contribution in [2.24, 2.45) is 0 Å². The number of amides is 1. The molecule has 0 unspecified atom stereocenters. The maximum absolute atomic E-state index is 11.4. The summed E-state index contributed by atoms with van der Waals surface area (Å²) in [5.74, 6) is 5.98. The Balaban J connectivity index is 1.72. The molecule has 1 amide bonds. The van der Waals surface area contributed by atoms with Gasteiger partial charge in [-0.15, -0.1) is 0 Å². The molecule has 1 aromatic heterocycles. The van der Waals surface area contributed by atoms with E-state index in [-0.39, 0.29) is 13.2 Å². The van der Waals surface area contributed by atoms with E-state index in [9.17, 15) is 4.79 Å². The third-order valence-corrected chi connectivity index (χ3v) is 2.53. The quantitative estimate of drug-likeness (QED) is 0.875. The second-order valence-corrected chi connectivity index (χ2v) is 4.24. The number of aryl methyl sites for hydroxylation is 1. The summed E-state index contributed by atoms with van der Waals surface area (Å²) >= 11 is 0. The minimum absolute atomic E-state index is 0.185. The van der Waals surface area contributed by atoms with Gasteiger partial charge in [-0.3, -0.25) is 0 Å². The van der Waals surface area contributed by atoms with Crippen LogP contribution in [-0.4, -0.2) is 22.6 Å². The Bertz CT molecular complexity index is 660. The van der Waals surface area contributed by atoms with E-state index < -0.39 is 6.09 Å². The standard InChI is InChI=1S/C16H15N3O2/c1-13-9-11-17-15(19-13)8-5-10-18-16(20)21-12-14-6-3-2-4-7-14/h2-4,6-7,9,11H,10,12H2,1H3,(H,18,20). The van der Waals surface area contributed by atoms with Gasteiger partial charge < -0.3 is 10.1 Å². The van der Waals surface area contributed by atoms with Crippen LogP contribution in [0.3, 0.4) is 0 Å². The summed E-state index contributed by atoms with van der Waals surface area (Å²) in [5, 5.41) is 2.55. The number of carbonyl (C=O) groups excluding carboxylic acids is 1. The molecule has 1 heterocycles. The molecule has 5 heteroatoms. The summed E-state index contributed by atoms with van der Waals surface area (Å²) in [7, 11) is 0. The molecule has 1 aromatic carbocycles. The van der Waals surface area contributed by atoms with Gasteiger partial charge >= 0.3 is 6.09 Å². The van der Waals surface area contributed by atoms with Gasteiger partial charge in [-0.1, -0.05) is 36.3 Å². The molecular weight excluding hydrogens is 266 g/mol. The fourth-order valence-electron chi connectivity index (χ4n) is 1.52. The zero-order valence-electron chi connectivity index (χ0n) is 11.7. The van der Waals surface area contributed by atoms with Crippen LogP contribution in [0.1, 0.15) is 17.1 Å². The Labute approximate surface area is 123 Å². The average molecular weight is 281 g/mol. The van der Waals surface area contributed by atoms with Crippen molar-refractivity contribution in [1.29, 1.82) is 0 Å². The third kappa shape index (κ3) is 5.33. The van der Waals surface area contributed by atoms with Crippen molar-refractivity contribution in [2.75, 3.05) is 6.54 Å². The van der Waals surface area contributed by atoms with Gasteiger partial charge in [-0.2, -0.15) is 0 Å². The van der Waals surface area contributed by atoms with Crippen molar-refractivity contribution in [1.82, 2.24) is 15.3 Å². The van der Waals surface area contributed by atoms with E-state index in [0.29, 0.717) is 5.82 Å². The monoisotopic (exact) mass is 281 g/mol. The largest absolute Gasteiger partial charge is 0.445 e. The van der Waals surface area contributed by atoms with Crippen molar-refractivity contribution in [3.63, 3.8) is 0 Å². The van der Waals surface area contributed by atoms with E-state index >= 15 is 0 Å². The van der Waals surface area contributed by atoms with Gasteiger partial charge in [0, 0.05) is 11.9 Å². The first-order valence-corrected chi connectivity index (χ1v) is 6.47. The van der Waals surface area contributed by atoms with Crippen molar-refractivity contribution in [2.45, 2.75) is 13.5 Å². The van der Waals surface area contributed by atoms with Crippen LogP contribution in [-0.2, 0) is 11.3 Å². The van der Waals surface area contributed by atoms with Gasteiger partial charge in [0.1, 0.15) is 6.61 Å². The molecule has 0 saturated heterocycles. The minimum Gasteiger partial charge on any atom is -0.445 e. The highest BCUT2D eigenvalue weighted by atomic mass is 16.5. The number of alkyl carbamates (subject to hydrolysis) is 1. The summed E-state index contributed by atoms with van der Waals surface area (Å²) < 4.78 is 5.05. The van der Waals surface area contributed by atoms with Crippen molar-refractivity contribution >= 4 is 6.09 Å². The van der Waals surface area contributed by atoms with E-state index in [2.05, 4.69) is 27.1 Å². The molecule has 2 aromatic rings. The summed E-state index contributed by atoms with van der Waals surface area (Å²) in [6.07, 6.45) is 1.15. The van der Waals surface area contributed by atoms with Gasteiger partial charge in [0.05, 0.1) is 6.54 Å². The zero-order chi connectivity index (χ0) is 14.9. The first kappa shape index (κ1) is 14.5. The van der Waals surface area contributed by atoms with Crippen LogP contribution in [0.25, 0.3) is 0 Å². The first-order valence-electron chi connectivity index (χ1n) is 6.47. The SMILES string of the molecule is Cc1ccnc(C#CCNC(=O)OCc2ccccc2)n1. The summed E-state index contributed by atoms with van der Waals surface area (Å²) in [6, 6.07) is 11.3. The summed E-state index contributed by atoms with van der Waals surface area (Å²) in [5.41, 5.74) is 1.79. The first-order chi connectivity index (χ1) is 10.2. The molecule has 0 aliphatic carbocycles. The van der Waals surface area contributed by atoms with Crippen molar-refractivity contribution < 1.29 is 9.53 Å². The zero-order valence-corrected chi connectivity index (χ0v) is 11.7. The van der Waals surface area contributed by atoms with Crippen LogP contribution in [0.4, 0.5) is 4.79 Å². The predicted octanol–water partition coefficient (Wildman–Crippen LogP) is 2.06. The smallest absolute Gasteiger partial charge is 0.408 e. The topological polar surface area (TPSA) is 64.1 Å². The van der Waals surface area contributed by atoms with Crippen LogP contribution < -0.4 is 5.32 Å². The molecular formula is C16H15N3O2. The van der Waals surface area contributed by atoms with E-state index in [0.717, 1.165) is 11.3 Å². The van der Waals surface area contributed by atoms with Gasteiger partial charge in [-0.05, 0) is 24.5 Å². The number of nitrogens with zero attached hydrogens (tertiary/aromatic N) is 2. The number of rotatable bonds is 3. The highest BCUT2D eigenvalue weighted by Gasteiger charge is 2.00. The molecule has 0 bridgehead atoms. The maximum Gasteiger partial charge on any atom is 0.408 e. The fourth-order valence-corrected chi connectivity index (χ4v) is 1.52. The van der Waals surface area contributed by atoms with Crippen LogP contribution in [0.2, 0.25) is 0 Å². The highest BCUT2D eigenvalue weighted by molar-refractivity contribution is 5.67. The number of carbonyl (C=O) groups is 1. The second-order valence-electron chi connectivity index (χ2n) is 4.24. The van der Waals surface area contributed by atoms with E-state index in [1.54, 1.807) is 12.3 Å². The number of nitrogens with one attached hydrogen (secondary N) is 1. The van der Waals surface area contributed by atoms with Crippen LogP contribution >= 0.6 is 0 Å². The Morgan fingerprint density at radius 2 is 2.10 bits per heavy atom. The molecule has 0 fully saturated rings. The van der Waals surface area contributed by atoms with Gasteiger partial charge in [0.2, 0.25) is 5.82 Å². The predicted molar refractivity (Wildman–Crippen MR) is 78.3 cm³/mol. The molecule has 5 nitrogen and oxygen atoms in total. The number of aromatic nitrogens is 2. The molecule has 0 spiro atoms. The Kier molecular flexibility index (Phi) is 5.30. The van der Waals surface area contributed by atoms with Crippen molar-refractivity contribution in [3.05, 3.63) is 59.7 Å².